The van der Waals surface area contributed by atoms with Crippen LogP contribution in [0.2, 0.25) is 0 Å². The predicted molar refractivity (Wildman–Crippen MR) is 96.4 cm³/mol. The molecule has 23 heavy (non-hydrogen) atoms. The monoisotopic (exact) mass is 329 g/mol. The second-order valence-corrected chi connectivity index (χ2v) is 6.67. The molecule has 3 N–H and O–H groups in total. The van der Waals surface area contributed by atoms with Gasteiger partial charge in [-0.3, -0.25) is 4.79 Å². The molecule has 0 aliphatic heterocycles. The molecule has 0 fully saturated rings. The molecule has 0 aromatic heterocycles. The summed E-state index contributed by atoms with van der Waals surface area (Å²) in [5, 5.41) is 21.3. The number of hydrogen-bond donors (Lipinski definition) is 3. The zero-order chi connectivity index (χ0) is 17.2. The number of amides is 1. The quantitative estimate of drug-likeness (QED) is 0.263. The van der Waals surface area contributed by atoms with E-state index in [9.17, 15) is 9.90 Å². The fraction of sp³-hybridized carbons (Fsp3) is 0.947. The summed E-state index contributed by atoms with van der Waals surface area (Å²) in [6.45, 7) is 2.05. The highest BCUT2D eigenvalue weighted by molar-refractivity contribution is 5.46. The van der Waals surface area contributed by atoms with Crippen molar-refractivity contribution in [2.45, 2.75) is 109 Å². The molecule has 0 spiro atoms. The first-order valence-corrected chi connectivity index (χ1v) is 9.74. The predicted octanol–water partition coefficient (Wildman–Crippen LogP) is 3.94. The molecular formula is C19H39NO3. The second-order valence-electron chi connectivity index (χ2n) is 6.67. The third-order valence-corrected chi connectivity index (χ3v) is 4.55. The van der Waals surface area contributed by atoms with E-state index >= 15 is 0 Å². The Balaban J connectivity index is 3.25. The van der Waals surface area contributed by atoms with Crippen molar-refractivity contribution in [2.24, 2.45) is 0 Å². The SMILES string of the molecule is CCCCCCCCCCCCCCC[C@H](O)[C@@H](CO)NC=O. The van der Waals surface area contributed by atoms with Crippen LogP contribution < -0.4 is 5.32 Å². The molecule has 0 aliphatic carbocycles. The standard InChI is InChI=1S/C19H39NO3/c1-2-3-4-5-6-7-8-9-10-11-12-13-14-15-19(23)18(16-21)20-17-22/h17-19,21,23H,2-16H2,1H3,(H,20,22)/t18-,19+/m1/s1. The summed E-state index contributed by atoms with van der Waals surface area (Å²) in [7, 11) is 0. The number of rotatable bonds is 18. The van der Waals surface area contributed by atoms with E-state index in [0.29, 0.717) is 12.8 Å². The summed E-state index contributed by atoms with van der Waals surface area (Å²) < 4.78 is 0. The molecule has 2 atom stereocenters. The molecule has 0 aliphatic rings. The summed E-state index contributed by atoms with van der Waals surface area (Å²) in [6.07, 6.45) is 17.5. The van der Waals surface area contributed by atoms with Crippen LogP contribution >= 0.6 is 0 Å². The van der Waals surface area contributed by atoms with Crippen LogP contribution in [0, 0.1) is 0 Å². The average Bonchev–Trinajstić information content (AvgIpc) is 2.56. The van der Waals surface area contributed by atoms with Crippen molar-refractivity contribution in [1.82, 2.24) is 5.32 Å². The van der Waals surface area contributed by atoms with Crippen LogP contribution in [0.1, 0.15) is 96.8 Å². The Morgan fingerprint density at radius 3 is 1.65 bits per heavy atom. The number of aliphatic hydroxyl groups is 2. The average molecular weight is 330 g/mol. The molecular weight excluding hydrogens is 290 g/mol. The Bertz CT molecular complexity index is 249. The molecule has 0 bridgehead atoms. The van der Waals surface area contributed by atoms with Crippen molar-refractivity contribution in [3.05, 3.63) is 0 Å². The van der Waals surface area contributed by atoms with Crippen molar-refractivity contribution in [3.8, 4) is 0 Å². The fourth-order valence-corrected chi connectivity index (χ4v) is 2.95. The van der Waals surface area contributed by atoms with Gasteiger partial charge < -0.3 is 15.5 Å². The van der Waals surface area contributed by atoms with Gasteiger partial charge in [-0.1, -0.05) is 90.4 Å². The van der Waals surface area contributed by atoms with Gasteiger partial charge in [-0.05, 0) is 6.42 Å². The first-order valence-electron chi connectivity index (χ1n) is 9.74. The Hall–Kier alpha value is -0.610. The topological polar surface area (TPSA) is 69.6 Å². The van der Waals surface area contributed by atoms with Crippen LogP contribution in [-0.4, -0.2) is 35.4 Å². The Labute approximate surface area is 143 Å². The molecule has 0 aromatic rings. The van der Waals surface area contributed by atoms with Gasteiger partial charge in [0.05, 0.1) is 18.8 Å². The van der Waals surface area contributed by atoms with Crippen molar-refractivity contribution in [1.29, 1.82) is 0 Å². The van der Waals surface area contributed by atoms with Crippen LogP contribution in [0.25, 0.3) is 0 Å². The van der Waals surface area contributed by atoms with Gasteiger partial charge in [0, 0.05) is 0 Å². The lowest BCUT2D eigenvalue weighted by molar-refractivity contribution is -0.111. The third kappa shape index (κ3) is 14.7. The van der Waals surface area contributed by atoms with E-state index in [1.54, 1.807) is 0 Å². The van der Waals surface area contributed by atoms with Crippen LogP contribution in [0.15, 0.2) is 0 Å². The molecule has 138 valence electrons. The molecule has 4 nitrogen and oxygen atoms in total. The molecule has 4 heteroatoms. The highest BCUT2D eigenvalue weighted by Crippen LogP contribution is 2.13. The van der Waals surface area contributed by atoms with Crippen molar-refractivity contribution in [3.63, 3.8) is 0 Å². The van der Waals surface area contributed by atoms with Gasteiger partial charge in [-0.15, -0.1) is 0 Å². The van der Waals surface area contributed by atoms with Crippen LogP contribution in [-0.2, 0) is 4.79 Å². The van der Waals surface area contributed by atoms with Crippen LogP contribution in [0.3, 0.4) is 0 Å². The number of unbranched alkanes of at least 4 members (excludes halogenated alkanes) is 12. The van der Waals surface area contributed by atoms with Crippen molar-refractivity contribution < 1.29 is 15.0 Å². The first-order chi connectivity index (χ1) is 11.3. The molecule has 0 rings (SSSR count). The second kappa shape index (κ2) is 17.7. The summed E-state index contributed by atoms with van der Waals surface area (Å²) in [6, 6.07) is -0.523. The van der Waals surface area contributed by atoms with E-state index in [1.807, 2.05) is 0 Å². The van der Waals surface area contributed by atoms with Crippen molar-refractivity contribution in [2.75, 3.05) is 6.61 Å². The maximum Gasteiger partial charge on any atom is 0.207 e. The van der Waals surface area contributed by atoms with Gasteiger partial charge in [0.25, 0.3) is 0 Å². The molecule has 0 heterocycles. The zero-order valence-electron chi connectivity index (χ0n) is 15.1. The van der Waals surface area contributed by atoms with Crippen LogP contribution in [0.4, 0.5) is 0 Å². The summed E-state index contributed by atoms with van der Waals surface area (Å²) in [5.41, 5.74) is 0. The number of aliphatic hydroxyl groups excluding tert-OH is 2. The maximum absolute atomic E-state index is 10.3. The van der Waals surface area contributed by atoms with Gasteiger partial charge in [0.1, 0.15) is 0 Å². The number of carbonyl (C=O) groups is 1. The molecule has 0 unspecified atom stereocenters. The smallest absolute Gasteiger partial charge is 0.207 e. The Kier molecular flexibility index (Phi) is 17.3. The Morgan fingerprint density at radius 1 is 0.826 bits per heavy atom. The largest absolute Gasteiger partial charge is 0.394 e. The minimum atomic E-state index is -0.641. The first kappa shape index (κ1) is 22.4. The summed E-state index contributed by atoms with van der Waals surface area (Å²) >= 11 is 0. The van der Waals surface area contributed by atoms with Gasteiger partial charge in [0.2, 0.25) is 6.41 Å². The highest BCUT2D eigenvalue weighted by Gasteiger charge is 2.16. The minimum Gasteiger partial charge on any atom is -0.394 e. The summed E-state index contributed by atoms with van der Waals surface area (Å²) in [5.74, 6) is 0. The van der Waals surface area contributed by atoms with Gasteiger partial charge >= 0.3 is 0 Å². The van der Waals surface area contributed by atoms with Gasteiger partial charge in [-0.2, -0.15) is 0 Å². The highest BCUT2D eigenvalue weighted by atomic mass is 16.3. The van der Waals surface area contributed by atoms with E-state index in [2.05, 4.69) is 12.2 Å². The Morgan fingerprint density at radius 2 is 1.26 bits per heavy atom. The number of hydrogen-bond acceptors (Lipinski definition) is 3. The lowest BCUT2D eigenvalue weighted by Gasteiger charge is -2.19. The lowest BCUT2D eigenvalue weighted by atomic mass is 10.0. The normalized spacial score (nSPS) is 13.7. The van der Waals surface area contributed by atoms with Crippen molar-refractivity contribution >= 4 is 6.41 Å². The zero-order valence-corrected chi connectivity index (χ0v) is 15.1. The molecule has 0 aromatic carbocycles. The summed E-state index contributed by atoms with van der Waals surface area (Å²) in [4.78, 5) is 10.3. The maximum atomic E-state index is 10.3. The van der Waals surface area contributed by atoms with Gasteiger partial charge in [-0.25, -0.2) is 0 Å². The fourth-order valence-electron chi connectivity index (χ4n) is 2.95. The number of carbonyl (C=O) groups excluding carboxylic acids is 1. The van der Waals surface area contributed by atoms with Gasteiger partial charge in [0.15, 0.2) is 0 Å². The number of nitrogens with one attached hydrogen (secondary N) is 1. The minimum absolute atomic E-state index is 0.210. The van der Waals surface area contributed by atoms with Crippen LogP contribution in [0.5, 0.6) is 0 Å². The molecule has 0 saturated carbocycles. The molecule has 0 radical (unpaired) electrons. The van der Waals surface area contributed by atoms with E-state index in [1.165, 1.54) is 70.6 Å². The van der Waals surface area contributed by atoms with E-state index in [0.717, 1.165) is 12.8 Å². The van der Waals surface area contributed by atoms with E-state index in [4.69, 9.17) is 5.11 Å². The van der Waals surface area contributed by atoms with E-state index in [-0.39, 0.29) is 6.61 Å². The molecule has 0 saturated heterocycles. The third-order valence-electron chi connectivity index (χ3n) is 4.55. The lowest BCUT2D eigenvalue weighted by Crippen LogP contribution is -2.42. The van der Waals surface area contributed by atoms with E-state index < -0.39 is 12.1 Å². The molecule has 1 amide bonds.